The van der Waals surface area contributed by atoms with Gasteiger partial charge in [0.1, 0.15) is 0 Å². The van der Waals surface area contributed by atoms with Crippen molar-refractivity contribution in [2.24, 2.45) is 5.92 Å². The maximum absolute atomic E-state index is 13.2. The molecule has 2 aromatic carbocycles. The molecular formula is C24H24F3N3O4. The highest BCUT2D eigenvalue weighted by Gasteiger charge is 2.39. The van der Waals surface area contributed by atoms with E-state index in [9.17, 15) is 27.6 Å². The lowest BCUT2D eigenvalue weighted by molar-refractivity contribution is -0.137. The van der Waals surface area contributed by atoms with Crippen LogP contribution in [-0.4, -0.2) is 54.0 Å². The van der Waals surface area contributed by atoms with Crippen molar-refractivity contribution in [2.75, 3.05) is 31.1 Å². The molecule has 0 saturated carbocycles. The Morgan fingerprint density at radius 3 is 2.44 bits per heavy atom. The van der Waals surface area contributed by atoms with E-state index in [4.69, 9.17) is 5.11 Å². The molecule has 1 saturated heterocycles. The molecule has 2 N–H and O–H groups in total. The summed E-state index contributed by atoms with van der Waals surface area (Å²) in [7, 11) is 0. The van der Waals surface area contributed by atoms with E-state index in [0.29, 0.717) is 31.6 Å². The van der Waals surface area contributed by atoms with Crippen LogP contribution in [0.2, 0.25) is 0 Å². The molecule has 0 aromatic heterocycles. The van der Waals surface area contributed by atoms with E-state index in [1.165, 1.54) is 12.1 Å². The Kier molecular flexibility index (Phi) is 6.60. The second-order valence-corrected chi connectivity index (χ2v) is 8.37. The van der Waals surface area contributed by atoms with E-state index in [1.54, 1.807) is 18.2 Å². The number of anilines is 1. The molecule has 0 aliphatic carbocycles. The highest BCUT2D eigenvalue weighted by Crippen LogP contribution is 2.35. The summed E-state index contributed by atoms with van der Waals surface area (Å²) in [6, 6.07) is 9.54. The summed E-state index contributed by atoms with van der Waals surface area (Å²) in [5.74, 6) is -1.41. The molecule has 34 heavy (non-hydrogen) atoms. The second kappa shape index (κ2) is 9.46. The molecule has 0 unspecified atom stereocenters. The van der Waals surface area contributed by atoms with Gasteiger partial charge in [0.2, 0.25) is 5.91 Å². The van der Waals surface area contributed by atoms with Gasteiger partial charge in [0.05, 0.1) is 35.5 Å². The number of benzene rings is 2. The lowest BCUT2D eigenvalue weighted by Crippen LogP contribution is -2.41. The largest absolute Gasteiger partial charge is 0.416 e. The molecule has 10 heteroatoms. The van der Waals surface area contributed by atoms with Crippen LogP contribution in [0, 0.1) is 5.92 Å². The predicted octanol–water partition coefficient (Wildman–Crippen LogP) is 2.83. The molecule has 2 aromatic rings. The number of amides is 3. The Hall–Kier alpha value is -3.40. The van der Waals surface area contributed by atoms with Gasteiger partial charge < -0.3 is 15.3 Å². The smallest absolute Gasteiger partial charge is 0.395 e. The standard InChI is InChI=1S/C24H24F3N3O4/c25-24(26,27)17-4-1-3-15(13-17)14-30-22(33)18-5-2-6-19(20(18)23(30)34)29-10-7-16(8-11-29)21(32)28-9-12-31/h1-6,13,16,31H,7-12,14H2,(H,28,32). The molecule has 180 valence electrons. The molecule has 0 atom stereocenters. The van der Waals surface area contributed by atoms with Gasteiger partial charge in [0.15, 0.2) is 0 Å². The number of halogens is 3. The molecule has 0 spiro atoms. The first-order chi connectivity index (χ1) is 16.2. The lowest BCUT2D eigenvalue weighted by atomic mass is 9.94. The highest BCUT2D eigenvalue weighted by molar-refractivity contribution is 6.23. The molecule has 2 aliphatic rings. The summed E-state index contributed by atoms with van der Waals surface area (Å²) in [5, 5.41) is 11.5. The maximum Gasteiger partial charge on any atom is 0.416 e. The van der Waals surface area contributed by atoms with Crippen LogP contribution >= 0.6 is 0 Å². The van der Waals surface area contributed by atoms with Crippen LogP contribution in [0.3, 0.4) is 0 Å². The van der Waals surface area contributed by atoms with Crippen LogP contribution in [0.15, 0.2) is 42.5 Å². The number of imide groups is 1. The Labute approximate surface area is 194 Å². The number of carbonyl (C=O) groups excluding carboxylic acids is 3. The summed E-state index contributed by atoms with van der Waals surface area (Å²) in [6.07, 6.45) is -3.42. The first-order valence-electron chi connectivity index (χ1n) is 11.0. The van der Waals surface area contributed by atoms with Crippen LogP contribution in [0.5, 0.6) is 0 Å². The predicted molar refractivity (Wildman–Crippen MR) is 117 cm³/mol. The monoisotopic (exact) mass is 475 g/mol. The van der Waals surface area contributed by atoms with Crippen molar-refractivity contribution in [3.63, 3.8) is 0 Å². The van der Waals surface area contributed by atoms with E-state index >= 15 is 0 Å². The van der Waals surface area contributed by atoms with E-state index < -0.39 is 23.6 Å². The van der Waals surface area contributed by atoms with Crippen LogP contribution in [0.4, 0.5) is 18.9 Å². The van der Waals surface area contributed by atoms with Crippen molar-refractivity contribution in [3.05, 3.63) is 64.7 Å². The fraction of sp³-hybridized carbons (Fsp3) is 0.375. The third kappa shape index (κ3) is 4.63. The molecule has 0 bridgehead atoms. The number of fused-ring (bicyclic) bond motifs is 1. The number of nitrogens with one attached hydrogen (secondary N) is 1. The third-order valence-electron chi connectivity index (χ3n) is 6.19. The van der Waals surface area contributed by atoms with Crippen LogP contribution in [0.25, 0.3) is 0 Å². The van der Waals surface area contributed by atoms with Crippen molar-refractivity contribution in [1.29, 1.82) is 0 Å². The quantitative estimate of drug-likeness (QED) is 0.628. The minimum Gasteiger partial charge on any atom is -0.395 e. The van der Waals surface area contributed by atoms with E-state index in [-0.39, 0.29) is 48.2 Å². The minimum absolute atomic E-state index is 0.120. The molecule has 7 nitrogen and oxygen atoms in total. The van der Waals surface area contributed by atoms with E-state index in [2.05, 4.69) is 5.32 Å². The van der Waals surface area contributed by atoms with Gasteiger partial charge in [-0.1, -0.05) is 18.2 Å². The molecule has 4 rings (SSSR count). The normalized spacial score (nSPS) is 16.7. The van der Waals surface area contributed by atoms with Gasteiger partial charge in [-0.15, -0.1) is 0 Å². The fourth-order valence-electron chi connectivity index (χ4n) is 4.46. The Morgan fingerprint density at radius 1 is 1.06 bits per heavy atom. The van der Waals surface area contributed by atoms with Crippen molar-refractivity contribution >= 4 is 23.4 Å². The Morgan fingerprint density at radius 2 is 1.76 bits per heavy atom. The number of rotatable bonds is 6. The zero-order valence-corrected chi connectivity index (χ0v) is 18.3. The molecule has 1 fully saturated rings. The second-order valence-electron chi connectivity index (χ2n) is 8.37. The van der Waals surface area contributed by atoms with Gasteiger partial charge in [-0.2, -0.15) is 13.2 Å². The first kappa shape index (κ1) is 23.7. The summed E-state index contributed by atoms with van der Waals surface area (Å²) in [5.41, 5.74) is 0.408. The Balaban J connectivity index is 1.51. The molecular weight excluding hydrogens is 451 g/mol. The maximum atomic E-state index is 13.2. The zero-order chi connectivity index (χ0) is 24.5. The highest BCUT2D eigenvalue weighted by atomic mass is 19.4. The molecule has 3 amide bonds. The van der Waals surface area contributed by atoms with Crippen molar-refractivity contribution in [1.82, 2.24) is 10.2 Å². The minimum atomic E-state index is -4.52. The lowest BCUT2D eigenvalue weighted by Gasteiger charge is -2.33. The number of aliphatic hydroxyl groups is 1. The van der Waals surface area contributed by atoms with E-state index in [1.807, 2.05) is 4.90 Å². The summed E-state index contributed by atoms with van der Waals surface area (Å²) in [6.45, 7) is 0.811. The number of aliphatic hydroxyl groups excluding tert-OH is 1. The number of alkyl halides is 3. The molecule has 2 aliphatic heterocycles. The van der Waals surface area contributed by atoms with Crippen molar-refractivity contribution in [3.8, 4) is 0 Å². The number of nitrogens with zero attached hydrogens (tertiary/aromatic N) is 2. The van der Waals surface area contributed by atoms with Crippen molar-refractivity contribution < 1.29 is 32.7 Å². The van der Waals surface area contributed by atoms with Crippen LogP contribution in [-0.2, 0) is 17.5 Å². The summed E-state index contributed by atoms with van der Waals surface area (Å²) < 4.78 is 39.2. The first-order valence-corrected chi connectivity index (χ1v) is 11.0. The van der Waals surface area contributed by atoms with Gasteiger partial charge in [-0.05, 0) is 42.7 Å². The van der Waals surface area contributed by atoms with Crippen LogP contribution < -0.4 is 10.2 Å². The van der Waals surface area contributed by atoms with Gasteiger partial charge >= 0.3 is 6.18 Å². The van der Waals surface area contributed by atoms with Gasteiger partial charge in [0, 0.05) is 25.6 Å². The zero-order valence-electron chi connectivity index (χ0n) is 18.3. The van der Waals surface area contributed by atoms with Crippen LogP contribution in [0.1, 0.15) is 44.7 Å². The SMILES string of the molecule is O=C(NCCO)C1CCN(c2cccc3c2C(=O)N(Cc2cccc(C(F)(F)F)c2)C3=O)CC1. The fourth-order valence-corrected chi connectivity index (χ4v) is 4.46. The average Bonchev–Trinajstić information content (AvgIpc) is 3.07. The van der Waals surface area contributed by atoms with Gasteiger partial charge in [-0.25, -0.2) is 0 Å². The summed E-state index contributed by atoms with van der Waals surface area (Å²) in [4.78, 5) is 41.3. The topological polar surface area (TPSA) is 89.9 Å². The van der Waals surface area contributed by atoms with Gasteiger partial charge in [0.25, 0.3) is 11.8 Å². The number of hydrogen-bond donors (Lipinski definition) is 2. The van der Waals surface area contributed by atoms with E-state index in [0.717, 1.165) is 17.0 Å². The molecule has 2 heterocycles. The van der Waals surface area contributed by atoms with Gasteiger partial charge in [-0.3, -0.25) is 19.3 Å². The molecule has 0 radical (unpaired) electrons. The average molecular weight is 475 g/mol. The third-order valence-corrected chi connectivity index (χ3v) is 6.19. The number of hydrogen-bond acceptors (Lipinski definition) is 5. The summed E-state index contributed by atoms with van der Waals surface area (Å²) >= 11 is 0. The number of carbonyl (C=O) groups is 3. The Bertz CT molecular complexity index is 1110. The number of piperidine rings is 1. The van der Waals surface area contributed by atoms with Crippen molar-refractivity contribution in [2.45, 2.75) is 25.6 Å².